The molecule has 0 spiro atoms. The van der Waals surface area contributed by atoms with E-state index in [0.29, 0.717) is 0 Å². The highest BCUT2D eigenvalue weighted by molar-refractivity contribution is 5.28. The van der Waals surface area contributed by atoms with Crippen LogP contribution in [0, 0.1) is 5.92 Å². The standard InChI is InChI=1S/C12H17NO/c1-14-12-4-2-3-10(8-12)7-11-5-6-13-9-11/h2-4,8,11,13H,5-7,9H2,1H3/t11-/m0/s1. The quantitative estimate of drug-likeness (QED) is 0.787. The van der Waals surface area contributed by atoms with Crippen molar-refractivity contribution in [2.24, 2.45) is 5.92 Å². The highest BCUT2D eigenvalue weighted by atomic mass is 16.5. The van der Waals surface area contributed by atoms with Crippen LogP contribution in [0.4, 0.5) is 0 Å². The lowest BCUT2D eigenvalue weighted by atomic mass is 9.99. The van der Waals surface area contributed by atoms with Gasteiger partial charge in [0.15, 0.2) is 0 Å². The van der Waals surface area contributed by atoms with Gasteiger partial charge < -0.3 is 10.1 Å². The first-order valence-electron chi connectivity index (χ1n) is 5.22. The zero-order valence-electron chi connectivity index (χ0n) is 8.62. The number of benzene rings is 1. The Kier molecular flexibility index (Phi) is 3.04. The number of rotatable bonds is 3. The van der Waals surface area contributed by atoms with Crippen molar-refractivity contribution >= 4 is 0 Å². The number of nitrogens with one attached hydrogen (secondary N) is 1. The Labute approximate surface area is 85.3 Å². The summed E-state index contributed by atoms with van der Waals surface area (Å²) in [6.07, 6.45) is 2.47. The van der Waals surface area contributed by atoms with Crippen molar-refractivity contribution in [3.63, 3.8) is 0 Å². The van der Waals surface area contributed by atoms with E-state index in [9.17, 15) is 0 Å². The fourth-order valence-corrected chi connectivity index (χ4v) is 2.02. The summed E-state index contributed by atoms with van der Waals surface area (Å²) in [7, 11) is 1.72. The first kappa shape index (κ1) is 9.53. The Hall–Kier alpha value is -1.02. The van der Waals surface area contributed by atoms with Crippen LogP contribution in [-0.4, -0.2) is 20.2 Å². The molecule has 1 heterocycles. The molecule has 0 saturated carbocycles. The van der Waals surface area contributed by atoms with E-state index in [4.69, 9.17) is 4.74 Å². The number of hydrogen-bond donors (Lipinski definition) is 1. The van der Waals surface area contributed by atoms with E-state index in [1.807, 2.05) is 6.07 Å². The molecule has 0 radical (unpaired) electrons. The van der Waals surface area contributed by atoms with E-state index in [1.165, 1.54) is 24.9 Å². The topological polar surface area (TPSA) is 21.3 Å². The van der Waals surface area contributed by atoms with Gasteiger partial charge in [-0.2, -0.15) is 0 Å². The van der Waals surface area contributed by atoms with Gasteiger partial charge in [-0.3, -0.25) is 0 Å². The van der Waals surface area contributed by atoms with Crippen molar-refractivity contribution in [1.82, 2.24) is 5.32 Å². The summed E-state index contributed by atoms with van der Waals surface area (Å²) >= 11 is 0. The van der Waals surface area contributed by atoms with Crippen LogP contribution in [0.3, 0.4) is 0 Å². The van der Waals surface area contributed by atoms with Crippen molar-refractivity contribution in [2.45, 2.75) is 12.8 Å². The lowest BCUT2D eigenvalue weighted by Gasteiger charge is -2.09. The van der Waals surface area contributed by atoms with E-state index in [2.05, 4.69) is 23.5 Å². The Morgan fingerprint density at radius 2 is 2.43 bits per heavy atom. The molecule has 0 unspecified atom stereocenters. The molecule has 1 fully saturated rings. The monoisotopic (exact) mass is 191 g/mol. The second-order valence-corrected chi connectivity index (χ2v) is 3.91. The van der Waals surface area contributed by atoms with E-state index >= 15 is 0 Å². The van der Waals surface area contributed by atoms with Crippen molar-refractivity contribution in [2.75, 3.05) is 20.2 Å². The van der Waals surface area contributed by atoms with E-state index in [-0.39, 0.29) is 0 Å². The van der Waals surface area contributed by atoms with Gasteiger partial charge in [0.05, 0.1) is 7.11 Å². The zero-order valence-corrected chi connectivity index (χ0v) is 8.62. The maximum Gasteiger partial charge on any atom is 0.119 e. The summed E-state index contributed by atoms with van der Waals surface area (Å²) in [5, 5.41) is 3.39. The fraction of sp³-hybridized carbons (Fsp3) is 0.500. The Morgan fingerprint density at radius 1 is 1.50 bits per heavy atom. The molecule has 1 N–H and O–H groups in total. The normalized spacial score (nSPS) is 21.1. The third-order valence-corrected chi connectivity index (χ3v) is 2.82. The highest BCUT2D eigenvalue weighted by Crippen LogP contribution is 2.18. The van der Waals surface area contributed by atoms with Crippen LogP contribution in [0.5, 0.6) is 5.75 Å². The molecular formula is C12H17NO. The minimum absolute atomic E-state index is 0.808. The van der Waals surface area contributed by atoms with Gasteiger partial charge >= 0.3 is 0 Å². The third kappa shape index (κ3) is 2.26. The molecule has 0 bridgehead atoms. The van der Waals surface area contributed by atoms with Crippen LogP contribution in [-0.2, 0) is 6.42 Å². The Bertz CT molecular complexity index is 292. The summed E-state index contributed by atoms with van der Waals surface area (Å²) in [5.74, 6) is 1.77. The summed E-state index contributed by atoms with van der Waals surface area (Å²) < 4.78 is 5.20. The van der Waals surface area contributed by atoms with Gasteiger partial charge in [-0.05, 0) is 49.5 Å². The summed E-state index contributed by atoms with van der Waals surface area (Å²) in [6.45, 7) is 2.34. The second-order valence-electron chi connectivity index (χ2n) is 3.91. The van der Waals surface area contributed by atoms with Crippen molar-refractivity contribution in [1.29, 1.82) is 0 Å². The molecule has 1 aliphatic heterocycles. The second kappa shape index (κ2) is 4.47. The largest absolute Gasteiger partial charge is 0.497 e. The van der Waals surface area contributed by atoms with Gasteiger partial charge in [0.25, 0.3) is 0 Å². The molecule has 1 aromatic carbocycles. The maximum absolute atomic E-state index is 5.20. The van der Waals surface area contributed by atoms with E-state index in [1.54, 1.807) is 7.11 Å². The van der Waals surface area contributed by atoms with E-state index < -0.39 is 0 Å². The summed E-state index contributed by atoms with van der Waals surface area (Å²) in [4.78, 5) is 0. The molecule has 0 amide bonds. The van der Waals surface area contributed by atoms with Crippen LogP contribution in [0.25, 0.3) is 0 Å². The molecular weight excluding hydrogens is 174 g/mol. The predicted molar refractivity (Wildman–Crippen MR) is 57.7 cm³/mol. The molecule has 2 nitrogen and oxygen atoms in total. The molecule has 1 saturated heterocycles. The SMILES string of the molecule is COc1cccc(C[C@@H]2CCNC2)c1. The average Bonchev–Trinajstić information content (AvgIpc) is 2.71. The van der Waals surface area contributed by atoms with Gasteiger partial charge in [0.1, 0.15) is 5.75 Å². The molecule has 1 aliphatic rings. The third-order valence-electron chi connectivity index (χ3n) is 2.82. The van der Waals surface area contributed by atoms with Crippen molar-refractivity contribution < 1.29 is 4.74 Å². The number of ether oxygens (including phenoxy) is 1. The minimum Gasteiger partial charge on any atom is -0.497 e. The molecule has 76 valence electrons. The molecule has 2 rings (SSSR count). The van der Waals surface area contributed by atoms with Gasteiger partial charge in [-0.25, -0.2) is 0 Å². The van der Waals surface area contributed by atoms with Gasteiger partial charge in [0, 0.05) is 0 Å². The zero-order chi connectivity index (χ0) is 9.80. The van der Waals surface area contributed by atoms with Crippen LogP contribution >= 0.6 is 0 Å². The Balaban J connectivity index is 2.00. The molecule has 14 heavy (non-hydrogen) atoms. The summed E-state index contributed by atoms with van der Waals surface area (Å²) in [5.41, 5.74) is 1.39. The van der Waals surface area contributed by atoms with Crippen molar-refractivity contribution in [3.05, 3.63) is 29.8 Å². The molecule has 1 atom stereocenters. The van der Waals surface area contributed by atoms with Crippen LogP contribution in [0.15, 0.2) is 24.3 Å². The average molecular weight is 191 g/mol. The van der Waals surface area contributed by atoms with Crippen LogP contribution in [0.1, 0.15) is 12.0 Å². The van der Waals surface area contributed by atoms with Crippen LogP contribution in [0.2, 0.25) is 0 Å². The van der Waals surface area contributed by atoms with Crippen LogP contribution < -0.4 is 10.1 Å². The van der Waals surface area contributed by atoms with Gasteiger partial charge in [-0.15, -0.1) is 0 Å². The lowest BCUT2D eigenvalue weighted by Crippen LogP contribution is -2.10. The molecule has 0 aliphatic carbocycles. The fourth-order valence-electron chi connectivity index (χ4n) is 2.02. The minimum atomic E-state index is 0.808. The highest BCUT2D eigenvalue weighted by Gasteiger charge is 2.14. The number of methoxy groups -OCH3 is 1. The number of hydrogen-bond acceptors (Lipinski definition) is 2. The molecule has 0 aromatic heterocycles. The van der Waals surface area contributed by atoms with E-state index in [0.717, 1.165) is 18.2 Å². The van der Waals surface area contributed by atoms with Crippen molar-refractivity contribution in [3.8, 4) is 5.75 Å². The Morgan fingerprint density at radius 3 is 3.14 bits per heavy atom. The first-order valence-corrected chi connectivity index (χ1v) is 5.22. The predicted octanol–water partition coefficient (Wildman–Crippen LogP) is 1.85. The molecule has 2 heteroatoms. The smallest absolute Gasteiger partial charge is 0.119 e. The lowest BCUT2D eigenvalue weighted by molar-refractivity contribution is 0.414. The summed E-state index contributed by atoms with van der Waals surface area (Å²) in [6, 6.07) is 8.38. The van der Waals surface area contributed by atoms with Gasteiger partial charge in [-0.1, -0.05) is 12.1 Å². The first-order chi connectivity index (χ1) is 6.88. The van der Waals surface area contributed by atoms with Gasteiger partial charge in [0.2, 0.25) is 0 Å². The maximum atomic E-state index is 5.20. The molecule has 1 aromatic rings.